The molecular weight excluding hydrogens is 322 g/mol. The highest BCUT2D eigenvalue weighted by Gasteiger charge is 2.31. The van der Waals surface area contributed by atoms with Crippen molar-refractivity contribution in [1.82, 2.24) is 4.90 Å². The van der Waals surface area contributed by atoms with Gasteiger partial charge < -0.3 is 4.90 Å². The molecule has 0 N–H and O–H groups in total. The first-order chi connectivity index (χ1) is 12.0. The van der Waals surface area contributed by atoms with Gasteiger partial charge in [-0.05, 0) is 78.0 Å². The van der Waals surface area contributed by atoms with Crippen LogP contribution in [0.15, 0.2) is 54.3 Å². The van der Waals surface area contributed by atoms with Gasteiger partial charge in [-0.1, -0.05) is 33.1 Å². The number of thioether (sulfide) groups is 1. The van der Waals surface area contributed by atoms with Crippen LogP contribution < -0.4 is 0 Å². The molecule has 2 heteroatoms. The van der Waals surface area contributed by atoms with Gasteiger partial charge in [0.2, 0.25) is 0 Å². The Balaban J connectivity index is 2.14. The zero-order valence-electron chi connectivity index (χ0n) is 16.0. The Kier molecular flexibility index (Phi) is 5.29. The summed E-state index contributed by atoms with van der Waals surface area (Å²) in [5.74, 6) is 1.10. The molecule has 0 amide bonds. The molecule has 132 valence electrons. The summed E-state index contributed by atoms with van der Waals surface area (Å²) in [6.45, 7) is 15.0. The Morgan fingerprint density at radius 2 is 2.04 bits per heavy atom. The van der Waals surface area contributed by atoms with Crippen LogP contribution in [0.4, 0.5) is 0 Å². The first-order valence-corrected chi connectivity index (χ1v) is 10.6. The van der Waals surface area contributed by atoms with E-state index < -0.39 is 0 Å². The predicted octanol–water partition coefficient (Wildman–Crippen LogP) is 6.12. The SMILES string of the molecule is C=C(C)C1=CN2C(=CC1=C)c1cc(CC)c(CSC)cc1CC2CC. The third-order valence-corrected chi connectivity index (χ3v) is 5.97. The van der Waals surface area contributed by atoms with E-state index in [2.05, 4.69) is 69.5 Å². The molecule has 1 nitrogen and oxygen atoms in total. The topological polar surface area (TPSA) is 3.24 Å². The lowest BCUT2D eigenvalue weighted by Crippen LogP contribution is -2.37. The Morgan fingerprint density at radius 1 is 1.28 bits per heavy atom. The molecule has 1 aromatic carbocycles. The summed E-state index contributed by atoms with van der Waals surface area (Å²) < 4.78 is 0. The van der Waals surface area contributed by atoms with E-state index >= 15 is 0 Å². The van der Waals surface area contributed by atoms with Gasteiger partial charge in [-0.25, -0.2) is 0 Å². The van der Waals surface area contributed by atoms with Crippen LogP contribution in [-0.2, 0) is 18.6 Å². The fourth-order valence-corrected chi connectivity index (χ4v) is 4.55. The Hall–Kier alpha value is -1.67. The van der Waals surface area contributed by atoms with Crippen LogP contribution in [0, 0.1) is 0 Å². The van der Waals surface area contributed by atoms with Crippen molar-refractivity contribution in [3.05, 3.63) is 76.5 Å². The van der Waals surface area contributed by atoms with E-state index in [1.165, 1.54) is 33.5 Å². The third kappa shape index (κ3) is 3.25. The molecule has 25 heavy (non-hydrogen) atoms. The molecule has 0 radical (unpaired) electrons. The molecule has 2 aliphatic rings. The maximum absolute atomic E-state index is 4.29. The van der Waals surface area contributed by atoms with E-state index in [1.807, 2.05) is 11.8 Å². The van der Waals surface area contributed by atoms with Crippen molar-refractivity contribution in [3.63, 3.8) is 0 Å². The van der Waals surface area contributed by atoms with Crippen LogP contribution in [0.5, 0.6) is 0 Å². The summed E-state index contributed by atoms with van der Waals surface area (Å²) in [6.07, 6.45) is 10.1. The second-order valence-electron chi connectivity index (χ2n) is 7.12. The van der Waals surface area contributed by atoms with Gasteiger partial charge in [-0.15, -0.1) is 0 Å². The monoisotopic (exact) mass is 351 g/mol. The lowest BCUT2D eigenvalue weighted by Gasteiger charge is -2.41. The highest BCUT2D eigenvalue weighted by molar-refractivity contribution is 7.97. The van der Waals surface area contributed by atoms with E-state index in [0.29, 0.717) is 6.04 Å². The van der Waals surface area contributed by atoms with Gasteiger partial charge in [0.25, 0.3) is 0 Å². The average molecular weight is 352 g/mol. The van der Waals surface area contributed by atoms with Crippen molar-refractivity contribution in [2.75, 3.05) is 6.26 Å². The number of rotatable bonds is 5. The molecular formula is C23H29NS. The van der Waals surface area contributed by atoms with E-state index in [1.54, 1.807) is 0 Å². The first-order valence-electron chi connectivity index (χ1n) is 9.21. The summed E-state index contributed by atoms with van der Waals surface area (Å²) in [5, 5.41) is 0. The fourth-order valence-electron chi connectivity index (χ4n) is 3.97. The predicted molar refractivity (Wildman–Crippen MR) is 113 cm³/mol. The summed E-state index contributed by atoms with van der Waals surface area (Å²) >= 11 is 1.91. The number of nitrogens with zero attached hydrogens (tertiary/aromatic N) is 1. The van der Waals surface area contributed by atoms with Gasteiger partial charge in [0.1, 0.15) is 0 Å². The Morgan fingerprint density at radius 3 is 2.64 bits per heavy atom. The fraction of sp³-hybridized carbons (Fsp3) is 0.391. The quantitative estimate of drug-likeness (QED) is 0.629. The normalized spacial score (nSPS) is 19.1. The van der Waals surface area contributed by atoms with Crippen molar-refractivity contribution in [2.45, 2.75) is 51.8 Å². The van der Waals surface area contributed by atoms with Crippen LogP contribution in [0.25, 0.3) is 5.70 Å². The van der Waals surface area contributed by atoms with Crippen LogP contribution in [0.3, 0.4) is 0 Å². The number of aryl methyl sites for hydroxylation is 1. The van der Waals surface area contributed by atoms with Crippen molar-refractivity contribution >= 4 is 17.5 Å². The molecule has 0 saturated carbocycles. The summed E-state index contributed by atoms with van der Waals surface area (Å²) in [5.41, 5.74) is 10.5. The zero-order chi connectivity index (χ0) is 18.1. The van der Waals surface area contributed by atoms with Crippen molar-refractivity contribution in [1.29, 1.82) is 0 Å². The van der Waals surface area contributed by atoms with Gasteiger partial charge >= 0.3 is 0 Å². The maximum Gasteiger partial charge on any atom is 0.0491 e. The smallest absolute Gasteiger partial charge is 0.0491 e. The Labute approximate surface area is 157 Å². The lowest BCUT2D eigenvalue weighted by molar-refractivity contribution is 0.352. The van der Waals surface area contributed by atoms with Crippen molar-refractivity contribution in [2.24, 2.45) is 0 Å². The van der Waals surface area contributed by atoms with Crippen LogP contribution in [0.1, 0.15) is 49.4 Å². The van der Waals surface area contributed by atoms with Gasteiger partial charge in [0, 0.05) is 29.3 Å². The second kappa shape index (κ2) is 7.29. The molecule has 0 aromatic heterocycles. The molecule has 2 aliphatic heterocycles. The van der Waals surface area contributed by atoms with Crippen LogP contribution >= 0.6 is 11.8 Å². The van der Waals surface area contributed by atoms with Gasteiger partial charge in [-0.3, -0.25) is 0 Å². The Bertz CT molecular complexity index is 782. The van der Waals surface area contributed by atoms with E-state index in [9.17, 15) is 0 Å². The highest BCUT2D eigenvalue weighted by atomic mass is 32.2. The van der Waals surface area contributed by atoms with E-state index in [4.69, 9.17) is 0 Å². The molecule has 1 unspecified atom stereocenters. The molecule has 2 heterocycles. The van der Waals surface area contributed by atoms with Gasteiger partial charge in [0.15, 0.2) is 0 Å². The van der Waals surface area contributed by atoms with E-state index in [0.717, 1.165) is 36.2 Å². The molecule has 1 aromatic rings. The number of fused-ring (bicyclic) bond motifs is 3. The van der Waals surface area contributed by atoms with E-state index in [-0.39, 0.29) is 0 Å². The molecule has 0 fully saturated rings. The molecule has 0 saturated heterocycles. The summed E-state index contributed by atoms with van der Waals surface area (Å²) in [6, 6.07) is 5.40. The molecule has 0 aliphatic carbocycles. The van der Waals surface area contributed by atoms with Crippen LogP contribution in [-0.4, -0.2) is 17.2 Å². The number of allylic oxidation sites excluding steroid dienone is 4. The minimum atomic E-state index is 0.510. The molecule has 0 spiro atoms. The minimum absolute atomic E-state index is 0.510. The maximum atomic E-state index is 4.29. The molecule has 3 rings (SSSR count). The van der Waals surface area contributed by atoms with Crippen molar-refractivity contribution in [3.8, 4) is 0 Å². The number of hydrogen-bond acceptors (Lipinski definition) is 2. The minimum Gasteiger partial charge on any atom is -0.343 e. The molecule has 1 atom stereocenters. The van der Waals surface area contributed by atoms with Gasteiger partial charge in [-0.2, -0.15) is 11.8 Å². The standard InChI is InChI=1S/C23H29NS/c1-7-17-12-21-18(10-19(17)14-25-6)11-20(8-2)24-13-22(15(3)4)16(5)9-23(21)24/h9-10,12-13,20H,3,5,7-8,11,14H2,1-2,4,6H3. The highest BCUT2D eigenvalue weighted by Crippen LogP contribution is 2.41. The zero-order valence-corrected chi connectivity index (χ0v) is 16.8. The average Bonchev–Trinajstić information content (AvgIpc) is 2.60. The third-order valence-electron chi connectivity index (χ3n) is 5.37. The number of hydrogen-bond donors (Lipinski definition) is 0. The largest absolute Gasteiger partial charge is 0.343 e. The lowest BCUT2D eigenvalue weighted by atomic mass is 9.84. The summed E-state index contributed by atoms with van der Waals surface area (Å²) in [4.78, 5) is 2.47. The van der Waals surface area contributed by atoms with Gasteiger partial charge in [0.05, 0.1) is 0 Å². The van der Waals surface area contributed by atoms with Crippen molar-refractivity contribution < 1.29 is 0 Å². The summed E-state index contributed by atoms with van der Waals surface area (Å²) in [7, 11) is 0. The number of benzene rings is 1. The second-order valence-corrected chi connectivity index (χ2v) is 7.98. The first kappa shape index (κ1) is 18.1. The molecule has 0 bridgehead atoms. The van der Waals surface area contributed by atoms with Crippen LogP contribution in [0.2, 0.25) is 0 Å².